The number of anilines is 1. The van der Waals surface area contributed by atoms with E-state index in [9.17, 15) is 14.3 Å². The molecule has 0 saturated heterocycles. The first-order chi connectivity index (χ1) is 11.6. The molecule has 0 aliphatic heterocycles. The molecule has 1 aromatic carbocycles. The van der Waals surface area contributed by atoms with E-state index in [-0.39, 0.29) is 12.3 Å². The zero-order chi connectivity index (χ0) is 17.1. The fraction of sp³-hybridized carbons (Fsp3) is 0.118. The zero-order valence-electron chi connectivity index (χ0n) is 12.9. The highest BCUT2D eigenvalue weighted by Crippen LogP contribution is 2.19. The van der Waals surface area contributed by atoms with Gasteiger partial charge in [0.1, 0.15) is 11.5 Å². The third-order valence-corrected chi connectivity index (χ3v) is 3.66. The van der Waals surface area contributed by atoms with Gasteiger partial charge in [0.05, 0.1) is 35.9 Å². The van der Waals surface area contributed by atoms with Crippen LogP contribution >= 0.6 is 0 Å². The number of halogens is 1. The van der Waals surface area contributed by atoms with E-state index < -0.39 is 11.7 Å². The fourth-order valence-electron chi connectivity index (χ4n) is 2.36. The van der Waals surface area contributed by atoms with Crippen molar-refractivity contribution in [3.63, 3.8) is 0 Å². The Hall–Kier alpha value is -3.06. The number of pyridine rings is 1. The predicted octanol–water partition coefficient (Wildman–Crippen LogP) is 2.46. The molecule has 0 fully saturated rings. The normalized spacial score (nSPS) is 10.6. The number of para-hydroxylation sites is 1. The van der Waals surface area contributed by atoms with Crippen LogP contribution in [-0.4, -0.2) is 25.8 Å². The summed E-state index contributed by atoms with van der Waals surface area (Å²) in [6.45, 7) is 1.47. The minimum Gasteiger partial charge on any atom is -0.392 e. The third-order valence-electron chi connectivity index (χ3n) is 3.66. The molecule has 0 atom stereocenters. The number of carbonyl (C=O) groups excluding carboxylic acids is 1. The van der Waals surface area contributed by atoms with E-state index in [1.165, 1.54) is 29.3 Å². The van der Waals surface area contributed by atoms with Gasteiger partial charge in [-0.05, 0) is 25.1 Å². The summed E-state index contributed by atoms with van der Waals surface area (Å²) in [5, 5.41) is 16.1. The Labute approximate surface area is 137 Å². The molecule has 7 heteroatoms. The van der Waals surface area contributed by atoms with E-state index in [0.717, 1.165) is 0 Å². The molecular weight excluding hydrogens is 311 g/mol. The second-order valence-corrected chi connectivity index (χ2v) is 5.15. The SMILES string of the molecule is Cc1c(C(=O)Nc2cnccc2CO)cnn1-c1ccccc1F. The van der Waals surface area contributed by atoms with E-state index in [1.54, 1.807) is 31.2 Å². The summed E-state index contributed by atoms with van der Waals surface area (Å²) >= 11 is 0. The van der Waals surface area contributed by atoms with Crippen LogP contribution in [0.5, 0.6) is 0 Å². The Morgan fingerprint density at radius 3 is 2.83 bits per heavy atom. The first-order valence-electron chi connectivity index (χ1n) is 7.26. The number of benzene rings is 1. The Balaban J connectivity index is 1.91. The molecule has 122 valence electrons. The van der Waals surface area contributed by atoms with Gasteiger partial charge in [-0.2, -0.15) is 5.10 Å². The largest absolute Gasteiger partial charge is 0.392 e. The van der Waals surface area contributed by atoms with Gasteiger partial charge in [0.15, 0.2) is 0 Å². The van der Waals surface area contributed by atoms with Crippen LogP contribution in [0.25, 0.3) is 5.69 Å². The summed E-state index contributed by atoms with van der Waals surface area (Å²) in [7, 11) is 0. The number of rotatable bonds is 4. The lowest BCUT2D eigenvalue weighted by Gasteiger charge is -2.09. The van der Waals surface area contributed by atoms with Gasteiger partial charge in [0.2, 0.25) is 0 Å². The van der Waals surface area contributed by atoms with Crippen molar-refractivity contribution >= 4 is 11.6 Å². The molecule has 0 bridgehead atoms. The van der Waals surface area contributed by atoms with Crippen LogP contribution < -0.4 is 5.32 Å². The standard InChI is InChI=1S/C17H15FN4O2/c1-11-13(8-20-22(11)16-5-3-2-4-14(16)18)17(24)21-15-9-19-7-6-12(15)10-23/h2-9,23H,10H2,1H3,(H,21,24). The van der Waals surface area contributed by atoms with E-state index in [1.807, 2.05) is 0 Å². The van der Waals surface area contributed by atoms with Gasteiger partial charge >= 0.3 is 0 Å². The van der Waals surface area contributed by atoms with Crippen molar-refractivity contribution in [3.05, 3.63) is 71.6 Å². The van der Waals surface area contributed by atoms with Crippen molar-refractivity contribution in [2.24, 2.45) is 0 Å². The number of aliphatic hydroxyl groups excluding tert-OH is 1. The summed E-state index contributed by atoms with van der Waals surface area (Å²) in [5.41, 5.74) is 2.06. The zero-order valence-corrected chi connectivity index (χ0v) is 12.9. The number of aliphatic hydroxyl groups is 1. The Morgan fingerprint density at radius 1 is 1.29 bits per heavy atom. The maximum absolute atomic E-state index is 13.9. The number of hydrogen-bond donors (Lipinski definition) is 2. The van der Waals surface area contributed by atoms with Crippen LogP contribution in [0, 0.1) is 12.7 Å². The second-order valence-electron chi connectivity index (χ2n) is 5.15. The van der Waals surface area contributed by atoms with Crippen LogP contribution in [0.15, 0.2) is 48.9 Å². The maximum atomic E-state index is 13.9. The second kappa shape index (κ2) is 6.59. The lowest BCUT2D eigenvalue weighted by molar-refractivity contribution is 0.102. The van der Waals surface area contributed by atoms with Gasteiger partial charge in [0.25, 0.3) is 5.91 Å². The smallest absolute Gasteiger partial charge is 0.259 e. The van der Waals surface area contributed by atoms with Gasteiger partial charge in [-0.25, -0.2) is 9.07 Å². The Bertz CT molecular complexity index is 892. The molecule has 3 aromatic rings. The number of carbonyl (C=O) groups is 1. The summed E-state index contributed by atoms with van der Waals surface area (Å²) < 4.78 is 15.3. The lowest BCUT2D eigenvalue weighted by atomic mass is 10.2. The predicted molar refractivity (Wildman–Crippen MR) is 86.4 cm³/mol. The first-order valence-corrected chi connectivity index (χ1v) is 7.26. The van der Waals surface area contributed by atoms with Crippen LogP contribution in [0.1, 0.15) is 21.6 Å². The van der Waals surface area contributed by atoms with Crippen molar-refractivity contribution in [1.29, 1.82) is 0 Å². The molecular formula is C17H15FN4O2. The van der Waals surface area contributed by atoms with Crippen LogP contribution in [0.3, 0.4) is 0 Å². The molecule has 0 spiro atoms. The van der Waals surface area contributed by atoms with Crippen LogP contribution in [-0.2, 0) is 6.61 Å². The molecule has 3 rings (SSSR count). The van der Waals surface area contributed by atoms with Crippen molar-refractivity contribution < 1.29 is 14.3 Å². The van der Waals surface area contributed by atoms with Gasteiger partial charge in [0, 0.05) is 11.8 Å². The quantitative estimate of drug-likeness (QED) is 0.772. The van der Waals surface area contributed by atoms with E-state index >= 15 is 0 Å². The average molecular weight is 326 g/mol. The number of aromatic nitrogens is 3. The van der Waals surface area contributed by atoms with Gasteiger partial charge < -0.3 is 10.4 Å². The van der Waals surface area contributed by atoms with Crippen molar-refractivity contribution in [2.75, 3.05) is 5.32 Å². The maximum Gasteiger partial charge on any atom is 0.259 e. The van der Waals surface area contributed by atoms with E-state index in [2.05, 4.69) is 15.4 Å². The third kappa shape index (κ3) is 2.89. The van der Waals surface area contributed by atoms with Crippen molar-refractivity contribution in [1.82, 2.24) is 14.8 Å². The molecule has 24 heavy (non-hydrogen) atoms. The molecule has 6 nitrogen and oxygen atoms in total. The minimum absolute atomic E-state index is 0.217. The lowest BCUT2D eigenvalue weighted by Crippen LogP contribution is -2.14. The topological polar surface area (TPSA) is 80.0 Å². The molecule has 2 heterocycles. The molecule has 0 unspecified atom stereocenters. The molecule has 0 aliphatic rings. The van der Waals surface area contributed by atoms with Crippen molar-refractivity contribution in [2.45, 2.75) is 13.5 Å². The van der Waals surface area contributed by atoms with Gasteiger partial charge in [-0.15, -0.1) is 0 Å². The highest BCUT2D eigenvalue weighted by Gasteiger charge is 2.17. The van der Waals surface area contributed by atoms with E-state index in [0.29, 0.717) is 22.5 Å². The van der Waals surface area contributed by atoms with Gasteiger partial charge in [-0.3, -0.25) is 9.78 Å². The summed E-state index contributed by atoms with van der Waals surface area (Å²) in [6.07, 6.45) is 4.37. The molecule has 2 N–H and O–H groups in total. The van der Waals surface area contributed by atoms with E-state index in [4.69, 9.17) is 0 Å². The fourth-order valence-corrected chi connectivity index (χ4v) is 2.36. The highest BCUT2D eigenvalue weighted by molar-refractivity contribution is 6.05. The average Bonchev–Trinajstić information content (AvgIpc) is 2.97. The van der Waals surface area contributed by atoms with Gasteiger partial charge in [-0.1, -0.05) is 12.1 Å². The van der Waals surface area contributed by atoms with Crippen molar-refractivity contribution in [3.8, 4) is 5.69 Å². The summed E-state index contributed by atoms with van der Waals surface area (Å²) in [4.78, 5) is 16.4. The number of amides is 1. The van der Waals surface area contributed by atoms with Crippen LogP contribution in [0.2, 0.25) is 0 Å². The molecule has 0 saturated carbocycles. The molecule has 0 aliphatic carbocycles. The monoisotopic (exact) mass is 326 g/mol. The number of nitrogens with zero attached hydrogens (tertiary/aromatic N) is 3. The summed E-state index contributed by atoms with van der Waals surface area (Å²) in [5.74, 6) is -0.830. The highest BCUT2D eigenvalue weighted by atomic mass is 19.1. The van der Waals surface area contributed by atoms with Crippen LogP contribution in [0.4, 0.5) is 10.1 Å². The summed E-state index contributed by atoms with van der Waals surface area (Å²) in [6, 6.07) is 7.82. The minimum atomic E-state index is -0.425. The Morgan fingerprint density at radius 2 is 2.08 bits per heavy atom. The molecule has 2 aromatic heterocycles. The number of hydrogen-bond acceptors (Lipinski definition) is 4. The number of nitrogens with one attached hydrogen (secondary N) is 1. The molecule has 0 radical (unpaired) electrons. The Kier molecular flexibility index (Phi) is 4.35. The molecule has 1 amide bonds. The first kappa shape index (κ1) is 15.8.